The Morgan fingerprint density at radius 2 is 1.41 bits per heavy atom. The third kappa shape index (κ3) is 5.02. The Hall–Kier alpha value is -4.39. The van der Waals surface area contributed by atoms with E-state index in [2.05, 4.69) is 44.5 Å². The van der Waals surface area contributed by atoms with Gasteiger partial charge in [-0.3, -0.25) is 0 Å². The van der Waals surface area contributed by atoms with Crippen LogP contribution in [0.4, 0.5) is 23.0 Å². The molecule has 0 amide bonds. The smallest absolute Gasteiger partial charge is 0.335 e. The van der Waals surface area contributed by atoms with E-state index < -0.39 is 5.97 Å². The summed E-state index contributed by atoms with van der Waals surface area (Å²) >= 11 is 0. The maximum atomic E-state index is 11.1. The fraction of sp³-hybridized carbons (Fsp3) is 0.0800. The number of carboxylic acids is 1. The van der Waals surface area contributed by atoms with Gasteiger partial charge in [-0.2, -0.15) is 0 Å². The van der Waals surface area contributed by atoms with Crippen LogP contribution in [0.5, 0.6) is 0 Å². The van der Waals surface area contributed by atoms with E-state index in [1.165, 1.54) is 18.5 Å². The minimum absolute atomic E-state index is 0.212. The van der Waals surface area contributed by atoms with Crippen molar-refractivity contribution >= 4 is 29.0 Å². The fourth-order valence-corrected chi connectivity index (χ4v) is 3.38. The van der Waals surface area contributed by atoms with E-state index in [-0.39, 0.29) is 5.56 Å². The van der Waals surface area contributed by atoms with Gasteiger partial charge in [0, 0.05) is 18.8 Å². The molecule has 4 aromatic rings. The van der Waals surface area contributed by atoms with E-state index in [0.717, 1.165) is 11.1 Å². The molecular weight excluding hydrogens is 402 g/mol. The molecule has 0 saturated carbocycles. The maximum absolute atomic E-state index is 11.1. The van der Waals surface area contributed by atoms with E-state index in [1.54, 1.807) is 12.1 Å². The molecule has 1 heterocycles. The van der Waals surface area contributed by atoms with E-state index in [4.69, 9.17) is 10.8 Å². The molecular formula is C25H23N5O2. The first-order valence-electron chi connectivity index (χ1n) is 10.1. The van der Waals surface area contributed by atoms with Crippen molar-refractivity contribution < 1.29 is 9.90 Å². The van der Waals surface area contributed by atoms with Crippen molar-refractivity contribution in [3.05, 3.63) is 108 Å². The standard InChI is InChI=1S/C25H23N5O2/c26-22-23(29-21-13-11-20(12-14-21)25(31)32)27-17-28-24(22)30(15-18-7-3-1-4-8-18)16-19-9-5-2-6-10-19/h1-14,17H,15-16,26H2,(H,31,32)(H,27,28,29). The highest BCUT2D eigenvalue weighted by Gasteiger charge is 2.17. The predicted octanol–water partition coefficient (Wildman–Crippen LogP) is 4.71. The Labute approximate surface area is 186 Å². The van der Waals surface area contributed by atoms with Crippen LogP contribution in [-0.2, 0) is 13.1 Å². The summed E-state index contributed by atoms with van der Waals surface area (Å²) in [6.45, 7) is 1.26. The first-order chi connectivity index (χ1) is 15.6. The number of nitrogens with two attached hydrogens (primary N) is 1. The molecule has 0 atom stereocenters. The van der Waals surface area contributed by atoms with Gasteiger partial charge in [0.1, 0.15) is 12.0 Å². The molecule has 0 aliphatic heterocycles. The highest BCUT2D eigenvalue weighted by Crippen LogP contribution is 2.30. The highest BCUT2D eigenvalue weighted by atomic mass is 16.4. The minimum Gasteiger partial charge on any atom is -0.478 e. The zero-order valence-corrected chi connectivity index (χ0v) is 17.3. The average Bonchev–Trinajstić information content (AvgIpc) is 2.82. The van der Waals surface area contributed by atoms with Gasteiger partial charge in [-0.1, -0.05) is 60.7 Å². The third-order valence-electron chi connectivity index (χ3n) is 4.99. The van der Waals surface area contributed by atoms with E-state index in [1.807, 2.05) is 36.4 Å². The minimum atomic E-state index is -0.974. The first-order valence-corrected chi connectivity index (χ1v) is 10.1. The molecule has 7 nitrogen and oxygen atoms in total. The van der Waals surface area contributed by atoms with Crippen LogP contribution in [0.15, 0.2) is 91.3 Å². The molecule has 0 spiro atoms. The van der Waals surface area contributed by atoms with Crippen LogP contribution < -0.4 is 16.0 Å². The van der Waals surface area contributed by atoms with Crippen molar-refractivity contribution in [3.8, 4) is 0 Å². The Bertz CT molecular complexity index is 1140. The second-order valence-corrected chi connectivity index (χ2v) is 7.29. The van der Waals surface area contributed by atoms with Crippen LogP contribution in [0.25, 0.3) is 0 Å². The highest BCUT2D eigenvalue weighted by molar-refractivity contribution is 5.88. The predicted molar refractivity (Wildman–Crippen MR) is 126 cm³/mol. The van der Waals surface area contributed by atoms with Crippen LogP contribution in [-0.4, -0.2) is 21.0 Å². The lowest BCUT2D eigenvalue weighted by Gasteiger charge is -2.26. The largest absolute Gasteiger partial charge is 0.478 e. The maximum Gasteiger partial charge on any atom is 0.335 e. The Morgan fingerprint density at radius 3 is 1.94 bits per heavy atom. The molecule has 32 heavy (non-hydrogen) atoms. The van der Waals surface area contributed by atoms with Crippen LogP contribution >= 0.6 is 0 Å². The number of carboxylic acid groups (broad SMARTS) is 1. The summed E-state index contributed by atoms with van der Waals surface area (Å²) in [4.78, 5) is 22.0. The fourth-order valence-electron chi connectivity index (χ4n) is 3.38. The SMILES string of the molecule is Nc1c(Nc2ccc(C(=O)O)cc2)ncnc1N(Cc1ccccc1)Cc1ccccc1. The van der Waals surface area contributed by atoms with Crippen LogP contribution in [0, 0.1) is 0 Å². The van der Waals surface area contributed by atoms with E-state index >= 15 is 0 Å². The lowest BCUT2D eigenvalue weighted by atomic mass is 10.1. The number of hydrogen-bond donors (Lipinski definition) is 3. The van der Waals surface area contributed by atoms with Crippen molar-refractivity contribution in [1.29, 1.82) is 0 Å². The van der Waals surface area contributed by atoms with Gasteiger partial charge in [-0.05, 0) is 35.4 Å². The molecule has 0 aliphatic rings. The number of nitrogen functional groups attached to an aromatic ring is 1. The molecule has 4 N–H and O–H groups in total. The van der Waals surface area contributed by atoms with Crippen molar-refractivity contribution in [1.82, 2.24) is 9.97 Å². The number of anilines is 4. The lowest BCUT2D eigenvalue weighted by Crippen LogP contribution is -2.24. The summed E-state index contributed by atoms with van der Waals surface area (Å²) in [6, 6.07) is 26.7. The molecule has 0 aliphatic carbocycles. The molecule has 0 unspecified atom stereocenters. The zero-order valence-electron chi connectivity index (χ0n) is 17.3. The van der Waals surface area contributed by atoms with Gasteiger partial charge in [-0.25, -0.2) is 14.8 Å². The number of aromatic carboxylic acids is 1. The monoisotopic (exact) mass is 425 g/mol. The van der Waals surface area contributed by atoms with Gasteiger partial charge in [0.15, 0.2) is 11.6 Å². The lowest BCUT2D eigenvalue weighted by molar-refractivity contribution is 0.0697. The molecule has 160 valence electrons. The number of nitrogens with one attached hydrogen (secondary N) is 1. The summed E-state index contributed by atoms with van der Waals surface area (Å²) in [7, 11) is 0. The van der Waals surface area contributed by atoms with Gasteiger partial charge in [0.25, 0.3) is 0 Å². The summed E-state index contributed by atoms with van der Waals surface area (Å²) in [6.07, 6.45) is 1.47. The molecule has 0 saturated heterocycles. The molecule has 7 heteroatoms. The van der Waals surface area contributed by atoms with Crippen molar-refractivity contribution in [3.63, 3.8) is 0 Å². The molecule has 1 aromatic heterocycles. The number of aromatic nitrogens is 2. The quantitative estimate of drug-likeness (QED) is 0.376. The third-order valence-corrected chi connectivity index (χ3v) is 4.99. The second kappa shape index (κ2) is 9.61. The molecule has 4 rings (SSSR count). The van der Waals surface area contributed by atoms with Crippen LogP contribution in [0.2, 0.25) is 0 Å². The van der Waals surface area contributed by atoms with Gasteiger partial charge in [-0.15, -0.1) is 0 Å². The summed E-state index contributed by atoms with van der Waals surface area (Å²) in [5, 5.41) is 12.2. The van der Waals surface area contributed by atoms with Gasteiger partial charge in [0.2, 0.25) is 0 Å². The Morgan fingerprint density at radius 1 is 0.844 bits per heavy atom. The van der Waals surface area contributed by atoms with Gasteiger partial charge in [0.05, 0.1) is 5.56 Å². The molecule has 0 radical (unpaired) electrons. The van der Waals surface area contributed by atoms with Crippen LogP contribution in [0.1, 0.15) is 21.5 Å². The summed E-state index contributed by atoms with van der Waals surface area (Å²) in [5.41, 5.74) is 10.1. The normalized spacial score (nSPS) is 10.5. The number of carbonyl (C=O) groups is 1. The van der Waals surface area contributed by atoms with E-state index in [0.29, 0.717) is 36.1 Å². The Kier molecular flexibility index (Phi) is 6.27. The van der Waals surface area contributed by atoms with Crippen molar-refractivity contribution in [2.45, 2.75) is 13.1 Å². The molecule has 0 fully saturated rings. The first kappa shape index (κ1) is 20.9. The second-order valence-electron chi connectivity index (χ2n) is 7.29. The number of hydrogen-bond acceptors (Lipinski definition) is 6. The Balaban J connectivity index is 1.64. The van der Waals surface area contributed by atoms with Gasteiger partial charge < -0.3 is 21.1 Å². The van der Waals surface area contributed by atoms with Crippen molar-refractivity contribution in [2.75, 3.05) is 16.0 Å². The average molecular weight is 425 g/mol. The van der Waals surface area contributed by atoms with Gasteiger partial charge >= 0.3 is 5.97 Å². The topological polar surface area (TPSA) is 104 Å². The molecule has 3 aromatic carbocycles. The number of benzene rings is 3. The van der Waals surface area contributed by atoms with Crippen LogP contribution in [0.3, 0.4) is 0 Å². The number of nitrogens with zero attached hydrogens (tertiary/aromatic N) is 3. The number of rotatable bonds is 8. The van der Waals surface area contributed by atoms with E-state index in [9.17, 15) is 4.79 Å². The summed E-state index contributed by atoms with van der Waals surface area (Å²) in [5.74, 6) is 0.111. The van der Waals surface area contributed by atoms with Crippen molar-refractivity contribution in [2.24, 2.45) is 0 Å². The molecule has 0 bridgehead atoms. The zero-order chi connectivity index (χ0) is 22.3. The summed E-state index contributed by atoms with van der Waals surface area (Å²) < 4.78 is 0.